The number of aromatic nitrogens is 2. The van der Waals surface area contributed by atoms with E-state index in [9.17, 15) is 0 Å². The molecule has 63 heavy (non-hydrogen) atoms. The summed E-state index contributed by atoms with van der Waals surface area (Å²) in [5, 5.41) is 3.73. The Morgan fingerprint density at radius 3 is 1.76 bits per heavy atom. The van der Waals surface area contributed by atoms with Crippen molar-refractivity contribution in [2.24, 2.45) is 4.99 Å². The third-order valence-corrected chi connectivity index (χ3v) is 12.5. The third-order valence-electron chi connectivity index (χ3n) is 12.5. The van der Waals surface area contributed by atoms with Gasteiger partial charge in [-0.15, -0.1) is 0 Å². The van der Waals surface area contributed by atoms with Crippen molar-refractivity contribution in [3.63, 3.8) is 0 Å². The Morgan fingerprint density at radius 1 is 0.492 bits per heavy atom. The van der Waals surface area contributed by atoms with Crippen molar-refractivity contribution in [3.05, 3.63) is 247 Å². The van der Waals surface area contributed by atoms with Crippen LogP contribution in [0, 0.1) is 0 Å². The zero-order valence-electron chi connectivity index (χ0n) is 35.2. The molecule has 10 aromatic rings. The highest BCUT2D eigenvalue weighted by Crippen LogP contribution is 2.39. The normalized spacial score (nSPS) is 12.9. The second-order valence-corrected chi connectivity index (χ2v) is 16.4. The van der Waals surface area contributed by atoms with E-state index in [0.717, 1.165) is 63.3 Å². The van der Waals surface area contributed by atoms with Crippen LogP contribution in [0.4, 0.5) is 0 Å². The van der Waals surface area contributed by atoms with E-state index in [1.807, 2.05) is 18.2 Å². The van der Waals surface area contributed by atoms with Crippen molar-refractivity contribution in [2.75, 3.05) is 0 Å². The minimum absolute atomic E-state index is 0.725. The van der Waals surface area contributed by atoms with Crippen molar-refractivity contribution >= 4 is 55.8 Å². The first-order valence-electron chi connectivity index (χ1n) is 21.8. The van der Waals surface area contributed by atoms with Crippen LogP contribution >= 0.6 is 0 Å². The number of hydrogen-bond acceptors (Lipinski definition) is 1. The van der Waals surface area contributed by atoms with Crippen molar-refractivity contribution < 1.29 is 0 Å². The molecule has 0 bridgehead atoms. The fourth-order valence-corrected chi connectivity index (χ4v) is 9.40. The topological polar surface area (TPSA) is 22.2 Å². The fourth-order valence-electron chi connectivity index (χ4n) is 9.40. The lowest BCUT2D eigenvalue weighted by atomic mass is 9.97. The molecule has 0 amide bonds. The number of hydrogen-bond donors (Lipinski definition) is 0. The SMILES string of the molecule is C=C(N=C(/C=C(\C)c1ccccc1)c1cccc(-c2ccc3c(c2)c2cc(-c4cccc(-n5c6c(c7ccccc75)C=CCC6)c4)ccc2n3-c2ccccc2)c1)c1ccccc1. The molecule has 11 rings (SSSR count). The van der Waals surface area contributed by atoms with Gasteiger partial charge in [0.2, 0.25) is 0 Å². The summed E-state index contributed by atoms with van der Waals surface area (Å²) < 4.78 is 4.87. The number of rotatable bonds is 9. The molecule has 0 atom stereocenters. The van der Waals surface area contributed by atoms with Crippen LogP contribution in [0.15, 0.2) is 224 Å². The Labute approximate surface area is 368 Å². The Bertz CT molecular complexity index is 3450. The molecule has 1 aliphatic rings. The number of benzene rings is 8. The molecular weight excluding hydrogens is 763 g/mol. The molecule has 1 aliphatic carbocycles. The molecule has 0 saturated heterocycles. The predicted molar refractivity (Wildman–Crippen MR) is 268 cm³/mol. The summed E-state index contributed by atoms with van der Waals surface area (Å²) in [6, 6.07) is 71.9. The molecule has 2 aromatic heterocycles. The lowest BCUT2D eigenvalue weighted by molar-refractivity contribution is 0.889. The molecule has 300 valence electrons. The molecule has 0 radical (unpaired) electrons. The molecule has 3 nitrogen and oxygen atoms in total. The van der Waals surface area contributed by atoms with Gasteiger partial charge in [0.25, 0.3) is 0 Å². The molecule has 3 heteroatoms. The van der Waals surface area contributed by atoms with Crippen LogP contribution in [0.5, 0.6) is 0 Å². The van der Waals surface area contributed by atoms with Crippen LogP contribution in [-0.2, 0) is 6.42 Å². The van der Waals surface area contributed by atoms with Gasteiger partial charge in [-0.3, -0.25) is 0 Å². The molecule has 0 fully saturated rings. The van der Waals surface area contributed by atoms with Gasteiger partial charge in [0.1, 0.15) is 0 Å². The number of nitrogens with zero attached hydrogens (tertiary/aromatic N) is 3. The van der Waals surface area contributed by atoms with Gasteiger partial charge in [-0.2, -0.15) is 0 Å². The number of aliphatic imine (C=N–C) groups is 1. The molecular formula is C60H45N3. The highest BCUT2D eigenvalue weighted by molar-refractivity contribution is 6.15. The molecule has 0 saturated carbocycles. The highest BCUT2D eigenvalue weighted by Gasteiger charge is 2.20. The highest BCUT2D eigenvalue weighted by atomic mass is 15.0. The molecule has 0 aliphatic heterocycles. The Kier molecular flexibility index (Phi) is 9.71. The fraction of sp³-hybridized carbons (Fsp3) is 0.0500. The smallest absolute Gasteiger partial charge is 0.0712 e. The van der Waals surface area contributed by atoms with Gasteiger partial charge >= 0.3 is 0 Å². The quantitative estimate of drug-likeness (QED) is 0.130. The van der Waals surface area contributed by atoms with Crippen LogP contribution in [0.25, 0.3) is 83.7 Å². The monoisotopic (exact) mass is 807 g/mol. The van der Waals surface area contributed by atoms with E-state index in [1.165, 1.54) is 60.8 Å². The van der Waals surface area contributed by atoms with Gasteiger partial charge < -0.3 is 9.13 Å². The van der Waals surface area contributed by atoms with Gasteiger partial charge in [0, 0.05) is 44.4 Å². The summed E-state index contributed by atoms with van der Waals surface area (Å²) in [7, 11) is 0. The van der Waals surface area contributed by atoms with E-state index in [2.05, 4.69) is 223 Å². The van der Waals surface area contributed by atoms with Crippen molar-refractivity contribution in [1.82, 2.24) is 9.13 Å². The summed E-state index contributed by atoms with van der Waals surface area (Å²) in [6.07, 6.45) is 8.88. The van der Waals surface area contributed by atoms with Crippen LogP contribution in [0.1, 0.15) is 41.3 Å². The van der Waals surface area contributed by atoms with Crippen molar-refractivity contribution in [3.8, 4) is 33.6 Å². The van der Waals surface area contributed by atoms with Crippen molar-refractivity contribution in [1.29, 1.82) is 0 Å². The van der Waals surface area contributed by atoms with Crippen LogP contribution in [0.2, 0.25) is 0 Å². The summed E-state index contributed by atoms with van der Waals surface area (Å²) in [5.74, 6) is 0. The zero-order chi connectivity index (χ0) is 42.3. The van der Waals surface area contributed by atoms with Crippen LogP contribution < -0.4 is 0 Å². The van der Waals surface area contributed by atoms with Gasteiger partial charge in [0.05, 0.1) is 28.0 Å². The lowest BCUT2D eigenvalue weighted by Gasteiger charge is -2.14. The second kappa shape index (κ2) is 16.1. The maximum Gasteiger partial charge on any atom is 0.0712 e. The predicted octanol–water partition coefficient (Wildman–Crippen LogP) is 15.6. The van der Waals surface area contributed by atoms with Crippen molar-refractivity contribution in [2.45, 2.75) is 19.8 Å². The van der Waals surface area contributed by atoms with E-state index in [1.54, 1.807) is 0 Å². The second-order valence-electron chi connectivity index (χ2n) is 16.4. The van der Waals surface area contributed by atoms with E-state index in [0.29, 0.717) is 0 Å². The number of allylic oxidation sites excluding steroid dienone is 3. The molecule has 0 N–H and O–H groups in total. The largest absolute Gasteiger partial charge is 0.313 e. The number of para-hydroxylation sites is 2. The Morgan fingerprint density at radius 2 is 1.05 bits per heavy atom. The maximum atomic E-state index is 5.18. The van der Waals surface area contributed by atoms with E-state index < -0.39 is 0 Å². The molecule has 2 heterocycles. The molecule has 0 spiro atoms. The van der Waals surface area contributed by atoms with E-state index in [-0.39, 0.29) is 0 Å². The lowest BCUT2D eigenvalue weighted by Crippen LogP contribution is -2.03. The number of fused-ring (bicyclic) bond motifs is 6. The Hall–Kier alpha value is -8.01. The third kappa shape index (κ3) is 7.04. The first kappa shape index (κ1) is 38.0. The van der Waals surface area contributed by atoms with Crippen LogP contribution in [0.3, 0.4) is 0 Å². The zero-order valence-corrected chi connectivity index (χ0v) is 35.2. The van der Waals surface area contributed by atoms with Gasteiger partial charge in [0.15, 0.2) is 0 Å². The summed E-state index contributed by atoms with van der Waals surface area (Å²) >= 11 is 0. The average Bonchev–Trinajstić information content (AvgIpc) is 3.87. The Balaban J connectivity index is 1.04. The van der Waals surface area contributed by atoms with Gasteiger partial charge in [-0.05, 0) is 125 Å². The minimum Gasteiger partial charge on any atom is -0.313 e. The minimum atomic E-state index is 0.725. The standard InChI is InChI=1S/C60H45N3/c1-41(43-18-6-3-7-19-43)36-56(61-42(2)44-20-8-4-9-21-44)49-24-16-22-45(37-49)47-32-34-59-54(39-47)55-40-48(33-35-60(55)62(59)50-25-10-5-11-26-50)46-23-17-27-51(38-46)63-57-30-14-12-28-52(57)53-29-13-15-31-58(53)63/h3-14,16-30,32-40H,2,15,31H2,1H3/b41-36+,61-56?. The molecule has 8 aromatic carbocycles. The van der Waals surface area contributed by atoms with Gasteiger partial charge in [-0.1, -0.05) is 158 Å². The van der Waals surface area contributed by atoms with Crippen LogP contribution in [-0.4, -0.2) is 14.8 Å². The maximum absolute atomic E-state index is 5.18. The van der Waals surface area contributed by atoms with E-state index >= 15 is 0 Å². The summed E-state index contributed by atoms with van der Waals surface area (Å²) in [6.45, 7) is 6.54. The summed E-state index contributed by atoms with van der Waals surface area (Å²) in [5.41, 5.74) is 19.2. The summed E-state index contributed by atoms with van der Waals surface area (Å²) in [4.78, 5) is 5.18. The first-order valence-corrected chi connectivity index (χ1v) is 21.8. The van der Waals surface area contributed by atoms with Gasteiger partial charge in [-0.25, -0.2) is 4.99 Å². The first-order chi connectivity index (χ1) is 31.1. The molecule has 0 unspecified atom stereocenters. The van der Waals surface area contributed by atoms with E-state index in [4.69, 9.17) is 4.99 Å². The average molecular weight is 808 g/mol.